The zero-order valence-corrected chi connectivity index (χ0v) is 17.8. The van der Waals surface area contributed by atoms with Crippen LogP contribution in [0.5, 0.6) is 5.75 Å². The highest BCUT2D eigenvalue weighted by Gasteiger charge is 2.34. The van der Waals surface area contributed by atoms with Gasteiger partial charge in [-0.3, -0.25) is 4.68 Å². The van der Waals surface area contributed by atoms with E-state index in [-0.39, 0.29) is 12.0 Å². The number of anilines is 2. The summed E-state index contributed by atoms with van der Waals surface area (Å²) in [4.78, 5) is 11.9. The lowest BCUT2D eigenvalue weighted by molar-refractivity contribution is 0.408. The van der Waals surface area contributed by atoms with Crippen LogP contribution in [0.3, 0.4) is 0 Å². The summed E-state index contributed by atoms with van der Waals surface area (Å²) in [5, 5.41) is 10.3. The van der Waals surface area contributed by atoms with Crippen molar-refractivity contribution in [3.63, 3.8) is 0 Å². The summed E-state index contributed by atoms with van der Waals surface area (Å²) in [7, 11) is 1.63. The molecule has 9 nitrogen and oxygen atoms in total. The van der Waals surface area contributed by atoms with Crippen molar-refractivity contribution in [1.29, 1.82) is 0 Å². The molecule has 4 heterocycles. The normalized spacial score (nSPS) is 21.8. The number of para-hydroxylation sites is 1. The predicted octanol–water partition coefficient (Wildman–Crippen LogP) is 3.17. The van der Waals surface area contributed by atoms with Crippen molar-refractivity contribution in [3.05, 3.63) is 36.4 Å². The van der Waals surface area contributed by atoms with E-state index in [1.54, 1.807) is 11.6 Å². The molecule has 31 heavy (non-hydrogen) atoms. The molecule has 0 radical (unpaired) electrons. The smallest absolute Gasteiger partial charge is 0.223 e. The molecular formula is C22H26N8O. The van der Waals surface area contributed by atoms with Crippen LogP contribution in [0, 0.1) is 0 Å². The molecule has 0 amide bonds. The minimum atomic E-state index is 0.206. The number of piperidine rings is 1. The van der Waals surface area contributed by atoms with E-state index in [9.17, 15) is 0 Å². The van der Waals surface area contributed by atoms with E-state index in [1.807, 2.05) is 24.4 Å². The number of nitrogen functional groups attached to an aromatic ring is 1. The van der Waals surface area contributed by atoms with Gasteiger partial charge in [0.25, 0.3) is 0 Å². The Morgan fingerprint density at radius 3 is 2.84 bits per heavy atom. The van der Waals surface area contributed by atoms with Gasteiger partial charge in [0.15, 0.2) is 11.5 Å². The Morgan fingerprint density at radius 1 is 1.16 bits per heavy atom. The highest BCUT2D eigenvalue weighted by atomic mass is 16.5. The van der Waals surface area contributed by atoms with Crippen molar-refractivity contribution in [3.8, 4) is 5.75 Å². The number of ether oxygens (including phenoxy) is 1. The fourth-order valence-electron chi connectivity index (χ4n) is 4.83. The average Bonchev–Trinajstić information content (AvgIpc) is 3.33. The Kier molecular flexibility index (Phi) is 4.06. The number of nitrogens with zero attached hydrogens (tertiary/aromatic N) is 7. The molecule has 1 aromatic carbocycles. The average molecular weight is 419 g/mol. The SMILES string of the molecule is COc1cccc2c1nc(N)n1nc(C3CCCN(c4cnn(C5CC5)c4)C3C)nc21. The second-order valence-corrected chi connectivity index (χ2v) is 8.62. The van der Waals surface area contributed by atoms with E-state index in [2.05, 4.69) is 32.8 Å². The highest BCUT2D eigenvalue weighted by Crippen LogP contribution is 2.38. The van der Waals surface area contributed by atoms with Crippen molar-refractivity contribution in [2.24, 2.45) is 0 Å². The molecule has 1 saturated carbocycles. The summed E-state index contributed by atoms with van der Waals surface area (Å²) in [6, 6.07) is 6.66. The largest absolute Gasteiger partial charge is 0.494 e. The third kappa shape index (κ3) is 2.90. The number of hydrogen-bond donors (Lipinski definition) is 1. The van der Waals surface area contributed by atoms with Gasteiger partial charge in [-0.15, -0.1) is 5.10 Å². The molecule has 0 spiro atoms. The van der Waals surface area contributed by atoms with Crippen LogP contribution in [-0.4, -0.2) is 49.1 Å². The Bertz CT molecular complexity index is 1270. The first-order valence-electron chi connectivity index (χ1n) is 10.9. The van der Waals surface area contributed by atoms with Crippen molar-refractivity contribution < 1.29 is 4.74 Å². The van der Waals surface area contributed by atoms with Crippen LogP contribution >= 0.6 is 0 Å². The molecule has 1 saturated heterocycles. The summed E-state index contributed by atoms with van der Waals surface area (Å²) < 4.78 is 9.24. The first-order valence-corrected chi connectivity index (χ1v) is 10.9. The lowest BCUT2D eigenvalue weighted by atomic mass is 9.89. The first-order chi connectivity index (χ1) is 15.1. The maximum absolute atomic E-state index is 6.25. The highest BCUT2D eigenvalue weighted by molar-refractivity contribution is 5.95. The fourth-order valence-corrected chi connectivity index (χ4v) is 4.83. The van der Waals surface area contributed by atoms with Gasteiger partial charge in [0.05, 0.1) is 25.0 Å². The topological polar surface area (TPSA) is 99.4 Å². The van der Waals surface area contributed by atoms with Crippen LogP contribution in [0.15, 0.2) is 30.6 Å². The van der Waals surface area contributed by atoms with Crippen molar-refractivity contribution in [2.75, 3.05) is 24.3 Å². The molecule has 4 aromatic rings. The van der Waals surface area contributed by atoms with Gasteiger partial charge in [0, 0.05) is 30.1 Å². The zero-order valence-electron chi connectivity index (χ0n) is 17.8. The van der Waals surface area contributed by atoms with Crippen molar-refractivity contribution >= 4 is 28.2 Å². The molecule has 3 aromatic heterocycles. The number of nitrogens with two attached hydrogens (primary N) is 1. The second-order valence-electron chi connectivity index (χ2n) is 8.62. The lowest BCUT2D eigenvalue weighted by Gasteiger charge is -2.39. The second kappa shape index (κ2) is 6.83. The molecule has 1 aliphatic carbocycles. The van der Waals surface area contributed by atoms with Gasteiger partial charge in [0.2, 0.25) is 5.95 Å². The molecule has 2 aliphatic rings. The summed E-state index contributed by atoms with van der Waals surface area (Å²) >= 11 is 0. The molecule has 1 aliphatic heterocycles. The number of methoxy groups -OCH3 is 1. The Labute approximate surface area is 179 Å². The van der Waals surface area contributed by atoms with Gasteiger partial charge in [-0.25, -0.2) is 9.97 Å². The van der Waals surface area contributed by atoms with Gasteiger partial charge in [-0.05, 0) is 44.7 Å². The van der Waals surface area contributed by atoms with Crippen LogP contribution in [0.1, 0.15) is 50.4 Å². The van der Waals surface area contributed by atoms with Gasteiger partial charge in [-0.1, -0.05) is 6.07 Å². The Hall–Kier alpha value is -3.36. The van der Waals surface area contributed by atoms with Gasteiger partial charge < -0.3 is 15.4 Å². The Morgan fingerprint density at radius 2 is 2.03 bits per heavy atom. The number of rotatable bonds is 4. The van der Waals surface area contributed by atoms with E-state index in [4.69, 9.17) is 20.6 Å². The third-order valence-corrected chi connectivity index (χ3v) is 6.69. The lowest BCUT2D eigenvalue weighted by Crippen LogP contribution is -2.42. The van der Waals surface area contributed by atoms with Crippen molar-refractivity contribution in [2.45, 2.75) is 50.6 Å². The summed E-state index contributed by atoms with van der Waals surface area (Å²) in [5.41, 5.74) is 8.87. The molecule has 2 fully saturated rings. The molecule has 6 rings (SSSR count). The fraction of sp³-hybridized carbons (Fsp3) is 0.455. The minimum absolute atomic E-state index is 0.206. The van der Waals surface area contributed by atoms with Crippen LogP contribution in [0.2, 0.25) is 0 Å². The van der Waals surface area contributed by atoms with Crippen LogP contribution in [0.25, 0.3) is 16.6 Å². The number of fused-ring (bicyclic) bond motifs is 3. The number of aromatic nitrogens is 6. The number of hydrogen-bond acceptors (Lipinski definition) is 7. The van der Waals surface area contributed by atoms with E-state index >= 15 is 0 Å². The van der Waals surface area contributed by atoms with E-state index < -0.39 is 0 Å². The predicted molar refractivity (Wildman–Crippen MR) is 119 cm³/mol. The van der Waals surface area contributed by atoms with E-state index in [0.717, 1.165) is 36.2 Å². The molecule has 2 unspecified atom stereocenters. The molecule has 9 heteroatoms. The summed E-state index contributed by atoms with van der Waals surface area (Å²) in [5.74, 6) is 2.02. The molecular weight excluding hydrogens is 392 g/mol. The molecule has 0 bridgehead atoms. The molecule has 2 atom stereocenters. The maximum atomic E-state index is 6.25. The maximum Gasteiger partial charge on any atom is 0.223 e. The quantitative estimate of drug-likeness (QED) is 0.543. The summed E-state index contributed by atoms with van der Waals surface area (Å²) in [6.45, 7) is 3.28. The van der Waals surface area contributed by atoms with Crippen molar-refractivity contribution in [1.82, 2.24) is 29.4 Å². The van der Waals surface area contributed by atoms with Crippen LogP contribution < -0.4 is 15.4 Å². The molecule has 2 N–H and O–H groups in total. The molecule has 160 valence electrons. The minimum Gasteiger partial charge on any atom is -0.494 e. The van der Waals surface area contributed by atoms with E-state index in [1.165, 1.54) is 18.5 Å². The number of benzene rings is 1. The monoisotopic (exact) mass is 418 g/mol. The van der Waals surface area contributed by atoms with E-state index in [0.29, 0.717) is 23.3 Å². The zero-order chi connectivity index (χ0) is 21.1. The van der Waals surface area contributed by atoms with Crippen LogP contribution in [0.4, 0.5) is 11.6 Å². The Balaban J connectivity index is 1.39. The third-order valence-electron chi connectivity index (χ3n) is 6.69. The standard InChI is InChI=1S/C22H26N8O/c1-13-16(6-4-10-28(13)15-11-24-29(12-15)14-8-9-14)20-26-21-17-5-3-7-18(31-2)19(17)25-22(23)30(21)27-20/h3,5,7,11-14,16H,4,6,8-10H2,1-2H3,(H2,23,25). The van der Waals surface area contributed by atoms with Gasteiger partial charge in [-0.2, -0.15) is 9.61 Å². The van der Waals surface area contributed by atoms with Crippen LogP contribution in [-0.2, 0) is 0 Å². The summed E-state index contributed by atoms with van der Waals surface area (Å²) in [6.07, 6.45) is 8.78. The first kappa shape index (κ1) is 18.4. The van der Waals surface area contributed by atoms with Gasteiger partial charge >= 0.3 is 0 Å². The van der Waals surface area contributed by atoms with Gasteiger partial charge in [0.1, 0.15) is 11.3 Å².